The lowest BCUT2D eigenvalue weighted by molar-refractivity contribution is -0.140. The maximum atomic E-state index is 11.1. The molecule has 2 aromatic heterocycles. The second-order valence-corrected chi connectivity index (χ2v) is 8.19. The number of pyridine rings is 2. The van der Waals surface area contributed by atoms with E-state index in [1.807, 2.05) is 54.6 Å². The first-order valence-electron chi connectivity index (χ1n) is 11.9. The van der Waals surface area contributed by atoms with Crippen LogP contribution in [0.5, 0.6) is 11.5 Å². The summed E-state index contributed by atoms with van der Waals surface area (Å²) in [6.07, 6.45) is 5.75. The predicted molar refractivity (Wildman–Crippen MR) is 148 cm³/mol. The molecule has 204 valence electrons. The SMILES string of the molecule is COC(=O)Cc1ccc(O)cc1.COC(=O)Cc1ccc(OCc2cccnc2)cc1.ClCc1ccccn1. The zero-order chi connectivity index (χ0) is 28.3. The molecule has 0 saturated carbocycles. The fourth-order valence-corrected chi connectivity index (χ4v) is 3.08. The first kappa shape index (κ1) is 30.8. The molecular weight excluding hydrogens is 520 g/mol. The van der Waals surface area contributed by atoms with Gasteiger partial charge in [0.15, 0.2) is 0 Å². The molecule has 0 atom stereocenters. The minimum absolute atomic E-state index is 0.198. The van der Waals surface area contributed by atoms with E-state index < -0.39 is 0 Å². The van der Waals surface area contributed by atoms with Crippen LogP contribution in [0.2, 0.25) is 0 Å². The quantitative estimate of drug-likeness (QED) is 0.232. The minimum atomic E-state index is -0.277. The van der Waals surface area contributed by atoms with Gasteiger partial charge >= 0.3 is 11.9 Å². The number of phenols is 1. The zero-order valence-electron chi connectivity index (χ0n) is 21.8. The number of hydrogen-bond donors (Lipinski definition) is 1. The van der Waals surface area contributed by atoms with Gasteiger partial charge in [-0.25, -0.2) is 0 Å². The summed E-state index contributed by atoms with van der Waals surface area (Å²) < 4.78 is 14.7. The van der Waals surface area contributed by atoms with Gasteiger partial charge in [-0.15, -0.1) is 11.6 Å². The summed E-state index contributed by atoms with van der Waals surface area (Å²) >= 11 is 5.46. The summed E-state index contributed by atoms with van der Waals surface area (Å²) in [5.41, 5.74) is 3.68. The van der Waals surface area contributed by atoms with Gasteiger partial charge in [0, 0.05) is 24.2 Å². The van der Waals surface area contributed by atoms with Crippen LogP contribution in [-0.2, 0) is 44.4 Å². The number of aromatic hydroxyl groups is 1. The Labute approximate surface area is 233 Å². The molecule has 0 spiro atoms. The summed E-state index contributed by atoms with van der Waals surface area (Å²) in [5, 5.41) is 8.93. The molecule has 4 rings (SSSR count). The molecule has 2 aromatic carbocycles. The summed E-state index contributed by atoms with van der Waals surface area (Å²) in [4.78, 5) is 29.9. The average molecular weight is 551 g/mol. The molecule has 0 aliphatic carbocycles. The van der Waals surface area contributed by atoms with Crippen molar-refractivity contribution < 1.29 is 28.9 Å². The van der Waals surface area contributed by atoms with Crippen LogP contribution in [0.15, 0.2) is 97.5 Å². The van der Waals surface area contributed by atoms with Crippen LogP contribution in [0.25, 0.3) is 0 Å². The average Bonchev–Trinajstić information content (AvgIpc) is 2.99. The summed E-state index contributed by atoms with van der Waals surface area (Å²) in [6.45, 7) is 0.476. The largest absolute Gasteiger partial charge is 0.508 e. The second-order valence-electron chi connectivity index (χ2n) is 7.92. The number of carbonyl (C=O) groups is 2. The van der Waals surface area contributed by atoms with Gasteiger partial charge < -0.3 is 19.3 Å². The molecule has 4 aromatic rings. The van der Waals surface area contributed by atoms with Crippen LogP contribution in [0, 0.1) is 0 Å². The van der Waals surface area contributed by atoms with E-state index in [1.165, 1.54) is 26.4 Å². The fraction of sp³-hybridized carbons (Fsp3) is 0.200. The summed E-state index contributed by atoms with van der Waals surface area (Å²) in [6, 6.07) is 23.4. The normalized spacial score (nSPS) is 9.62. The van der Waals surface area contributed by atoms with Crippen molar-refractivity contribution in [3.05, 3.63) is 120 Å². The van der Waals surface area contributed by atoms with Crippen LogP contribution in [0.3, 0.4) is 0 Å². The number of benzene rings is 2. The van der Waals surface area contributed by atoms with Crippen LogP contribution < -0.4 is 4.74 Å². The van der Waals surface area contributed by atoms with Crippen LogP contribution >= 0.6 is 11.6 Å². The molecular formula is C30H31ClN2O6. The van der Waals surface area contributed by atoms with Gasteiger partial charge in [-0.05, 0) is 53.6 Å². The molecule has 0 fully saturated rings. The van der Waals surface area contributed by atoms with Gasteiger partial charge in [-0.2, -0.15) is 0 Å². The third-order valence-corrected chi connectivity index (χ3v) is 5.28. The number of carbonyl (C=O) groups excluding carboxylic acids is 2. The van der Waals surface area contributed by atoms with Crippen LogP contribution in [0.4, 0.5) is 0 Å². The Morgan fingerprint density at radius 1 is 0.769 bits per heavy atom. The van der Waals surface area contributed by atoms with Gasteiger partial charge in [0.2, 0.25) is 0 Å². The van der Waals surface area contributed by atoms with Gasteiger partial charge in [0.25, 0.3) is 0 Å². The van der Waals surface area contributed by atoms with Gasteiger partial charge in [0.1, 0.15) is 18.1 Å². The lowest BCUT2D eigenvalue weighted by atomic mass is 10.1. The third kappa shape index (κ3) is 13.1. The number of rotatable bonds is 8. The second kappa shape index (κ2) is 17.9. The number of hydrogen-bond acceptors (Lipinski definition) is 8. The van der Waals surface area contributed by atoms with E-state index in [2.05, 4.69) is 19.4 Å². The van der Waals surface area contributed by atoms with E-state index in [9.17, 15) is 9.59 Å². The van der Waals surface area contributed by atoms with Crippen molar-refractivity contribution in [3.63, 3.8) is 0 Å². The van der Waals surface area contributed by atoms with Crippen molar-refractivity contribution in [1.82, 2.24) is 9.97 Å². The zero-order valence-corrected chi connectivity index (χ0v) is 22.6. The third-order valence-electron chi connectivity index (χ3n) is 5.00. The highest BCUT2D eigenvalue weighted by Gasteiger charge is 2.03. The Hall–Kier alpha value is -4.43. The van der Waals surface area contributed by atoms with E-state index >= 15 is 0 Å². The standard InChI is InChI=1S/C15H15NO3.C9H10O3.C6H6ClN/c1-18-15(17)9-12-4-6-14(7-5-12)19-11-13-3-2-8-16-10-13;1-12-9(11)6-7-2-4-8(10)5-3-7;7-5-6-3-1-2-4-8-6/h2-8,10H,9,11H2,1H3;2-5,10H,6H2,1H3;1-4H,5H2. The highest BCUT2D eigenvalue weighted by molar-refractivity contribution is 6.16. The molecule has 0 amide bonds. The number of alkyl halides is 1. The molecule has 39 heavy (non-hydrogen) atoms. The lowest BCUT2D eigenvalue weighted by Gasteiger charge is -2.06. The molecule has 0 aliphatic rings. The van der Waals surface area contributed by atoms with Crippen molar-refractivity contribution in [2.24, 2.45) is 0 Å². The van der Waals surface area contributed by atoms with E-state index in [1.54, 1.807) is 30.7 Å². The first-order chi connectivity index (χ1) is 18.9. The van der Waals surface area contributed by atoms with E-state index in [0.29, 0.717) is 12.5 Å². The number of nitrogens with zero attached hydrogens (tertiary/aromatic N) is 2. The number of phenolic OH excluding ortho intramolecular Hbond substituents is 1. The Morgan fingerprint density at radius 2 is 1.38 bits per heavy atom. The lowest BCUT2D eigenvalue weighted by Crippen LogP contribution is -2.04. The number of methoxy groups -OCH3 is 2. The maximum absolute atomic E-state index is 11.1. The highest BCUT2D eigenvalue weighted by atomic mass is 35.5. The van der Waals surface area contributed by atoms with E-state index in [-0.39, 0.29) is 30.5 Å². The van der Waals surface area contributed by atoms with Gasteiger partial charge in [0.05, 0.1) is 38.6 Å². The number of esters is 2. The van der Waals surface area contributed by atoms with Gasteiger partial charge in [-0.1, -0.05) is 36.4 Å². The van der Waals surface area contributed by atoms with Crippen molar-refractivity contribution in [1.29, 1.82) is 0 Å². The Morgan fingerprint density at radius 3 is 1.85 bits per heavy atom. The number of aromatic nitrogens is 2. The molecule has 0 unspecified atom stereocenters. The number of halogens is 1. The van der Waals surface area contributed by atoms with Crippen molar-refractivity contribution in [2.75, 3.05) is 14.2 Å². The van der Waals surface area contributed by atoms with Crippen molar-refractivity contribution in [3.8, 4) is 11.5 Å². The molecule has 0 saturated heterocycles. The molecule has 1 N–H and O–H groups in total. The van der Waals surface area contributed by atoms with Crippen molar-refractivity contribution >= 4 is 23.5 Å². The minimum Gasteiger partial charge on any atom is -0.508 e. The topological polar surface area (TPSA) is 108 Å². The first-order valence-corrected chi connectivity index (χ1v) is 12.4. The molecule has 9 heteroatoms. The number of ether oxygens (including phenoxy) is 3. The predicted octanol–water partition coefficient (Wildman–Crippen LogP) is 5.30. The summed E-state index contributed by atoms with van der Waals surface area (Å²) in [7, 11) is 2.73. The monoisotopic (exact) mass is 550 g/mol. The Bertz CT molecular complexity index is 1240. The molecule has 8 nitrogen and oxygen atoms in total. The fourth-order valence-electron chi connectivity index (χ4n) is 2.92. The summed E-state index contributed by atoms with van der Waals surface area (Å²) in [5.74, 6) is 0.937. The van der Waals surface area contributed by atoms with E-state index in [0.717, 1.165) is 28.1 Å². The smallest absolute Gasteiger partial charge is 0.309 e. The van der Waals surface area contributed by atoms with E-state index in [4.69, 9.17) is 21.4 Å². The van der Waals surface area contributed by atoms with Crippen LogP contribution in [0.1, 0.15) is 22.4 Å². The molecule has 0 aliphatic heterocycles. The molecule has 2 heterocycles. The Balaban J connectivity index is 0.000000227. The Kier molecular flexibility index (Phi) is 14.2. The van der Waals surface area contributed by atoms with Crippen LogP contribution in [-0.4, -0.2) is 41.2 Å². The van der Waals surface area contributed by atoms with Crippen molar-refractivity contribution in [2.45, 2.75) is 25.3 Å². The van der Waals surface area contributed by atoms with Gasteiger partial charge in [-0.3, -0.25) is 19.6 Å². The molecule has 0 bridgehead atoms. The highest BCUT2D eigenvalue weighted by Crippen LogP contribution is 2.14. The maximum Gasteiger partial charge on any atom is 0.309 e. The molecule has 0 radical (unpaired) electrons.